The number of benzene rings is 1. The van der Waals surface area contributed by atoms with Crippen molar-refractivity contribution >= 4 is 0 Å². The van der Waals surface area contributed by atoms with E-state index in [1.54, 1.807) is 7.11 Å². The minimum Gasteiger partial charge on any atom is -0.493 e. The average molecular weight is 274 g/mol. The van der Waals surface area contributed by atoms with Crippen molar-refractivity contribution in [2.45, 2.75) is 20.4 Å². The molecule has 0 unspecified atom stereocenters. The van der Waals surface area contributed by atoms with E-state index < -0.39 is 0 Å². The highest BCUT2D eigenvalue weighted by Gasteiger charge is 2.20. The van der Waals surface area contributed by atoms with Crippen LogP contribution in [0.4, 0.5) is 0 Å². The predicted octanol–water partition coefficient (Wildman–Crippen LogP) is 2.59. The van der Waals surface area contributed by atoms with Gasteiger partial charge in [0.1, 0.15) is 0 Å². The fourth-order valence-corrected chi connectivity index (χ4v) is 2.37. The molecule has 0 radical (unpaired) electrons. The molecule has 0 aliphatic carbocycles. The molecule has 1 aromatic carbocycles. The summed E-state index contributed by atoms with van der Waals surface area (Å²) in [5.41, 5.74) is 6.82. The van der Waals surface area contributed by atoms with E-state index in [1.165, 1.54) is 11.4 Å². The Hall–Kier alpha value is -2.30. The fraction of sp³-hybridized carbons (Fsp3) is 0.333. The maximum atomic E-state index is 5.43. The van der Waals surface area contributed by atoms with Crippen LogP contribution in [0.1, 0.15) is 17.0 Å². The fourth-order valence-electron chi connectivity index (χ4n) is 2.37. The van der Waals surface area contributed by atoms with Crippen LogP contribution in [0.3, 0.4) is 0 Å². The molecule has 2 aromatic rings. The molecule has 5 heteroatoms. The molecule has 5 nitrogen and oxygen atoms in total. The van der Waals surface area contributed by atoms with Crippen LogP contribution in [0.2, 0.25) is 0 Å². The lowest BCUT2D eigenvalue weighted by molar-refractivity contribution is 0.171. The summed E-state index contributed by atoms with van der Waals surface area (Å²) in [6.45, 7) is 5.07. The number of nitrogens with one attached hydrogen (secondary N) is 1. The van der Waals surface area contributed by atoms with Gasteiger partial charge < -0.3 is 19.6 Å². The van der Waals surface area contributed by atoms with Gasteiger partial charge in [0.2, 0.25) is 12.5 Å². The van der Waals surface area contributed by atoms with Crippen molar-refractivity contribution < 1.29 is 14.2 Å². The maximum Gasteiger partial charge on any atom is 0.231 e. The molecule has 20 heavy (non-hydrogen) atoms. The zero-order valence-electron chi connectivity index (χ0n) is 11.9. The van der Waals surface area contributed by atoms with Gasteiger partial charge in [-0.1, -0.05) is 0 Å². The Bertz CT molecular complexity index is 615. The summed E-state index contributed by atoms with van der Waals surface area (Å²) in [7, 11) is 1.63. The number of rotatable bonds is 4. The summed E-state index contributed by atoms with van der Waals surface area (Å²) in [5, 5.41) is 0. The minimum absolute atomic E-state index is 0.248. The van der Waals surface area contributed by atoms with E-state index in [1.807, 2.05) is 12.1 Å². The van der Waals surface area contributed by atoms with Gasteiger partial charge in [0, 0.05) is 11.4 Å². The largest absolute Gasteiger partial charge is 0.493 e. The number of aromatic nitrogens is 1. The van der Waals surface area contributed by atoms with Crippen molar-refractivity contribution in [1.29, 1.82) is 0 Å². The quantitative estimate of drug-likeness (QED) is 0.930. The van der Waals surface area contributed by atoms with Crippen molar-refractivity contribution in [2.75, 3.05) is 19.3 Å². The smallest absolute Gasteiger partial charge is 0.231 e. The molecular weight excluding hydrogens is 256 g/mol. The number of fused-ring (bicyclic) bond motifs is 1. The lowest BCUT2D eigenvalue weighted by atomic mass is 10.2. The first kappa shape index (κ1) is 12.7. The highest BCUT2D eigenvalue weighted by atomic mass is 16.7. The lowest BCUT2D eigenvalue weighted by Crippen LogP contribution is -2.16. The van der Waals surface area contributed by atoms with E-state index in [-0.39, 0.29) is 6.79 Å². The van der Waals surface area contributed by atoms with Crippen molar-refractivity contribution in [3.05, 3.63) is 41.2 Å². The Labute approximate surface area is 118 Å². The van der Waals surface area contributed by atoms with Crippen molar-refractivity contribution in [3.8, 4) is 17.2 Å². The highest BCUT2D eigenvalue weighted by molar-refractivity contribution is 5.55. The second-order valence-corrected chi connectivity index (χ2v) is 4.82. The number of methoxy groups -OCH3 is 1. The van der Waals surface area contributed by atoms with Gasteiger partial charge in [-0.05, 0) is 43.7 Å². The molecule has 0 fully saturated rings. The summed E-state index contributed by atoms with van der Waals surface area (Å²) in [4.78, 5) is 0. The summed E-state index contributed by atoms with van der Waals surface area (Å²) < 4.78 is 18.2. The SMILES string of the molecule is COc1cc(CNn2c(C)ccc2C)cc2c1OCO2. The average Bonchev–Trinajstić information content (AvgIpc) is 3.03. The van der Waals surface area contributed by atoms with Crippen molar-refractivity contribution in [3.63, 3.8) is 0 Å². The molecule has 1 aromatic heterocycles. The zero-order chi connectivity index (χ0) is 14.1. The third kappa shape index (κ3) is 2.15. The molecule has 0 amide bonds. The Balaban J connectivity index is 1.82. The van der Waals surface area contributed by atoms with Crippen molar-refractivity contribution in [2.24, 2.45) is 0 Å². The van der Waals surface area contributed by atoms with Gasteiger partial charge in [0.25, 0.3) is 0 Å². The maximum absolute atomic E-state index is 5.43. The van der Waals surface area contributed by atoms with Crippen LogP contribution in [0.15, 0.2) is 24.3 Å². The topological polar surface area (TPSA) is 44.7 Å². The van der Waals surface area contributed by atoms with Gasteiger partial charge in [-0.15, -0.1) is 0 Å². The van der Waals surface area contributed by atoms with Crippen LogP contribution in [-0.2, 0) is 6.54 Å². The van der Waals surface area contributed by atoms with Crippen LogP contribution in [0, 0.1) is 13.8 Å². The Morgan fingerprint density at radius 2 is 1.95 bits per heavy atom. The van der Waals surface area contributed by atoms with E-state index in [4.69, 9.17) is 14.2 Å². The molecular formula is C15H18N2O3. The van der Waals surface area contributed by atoms with E-state index in [0.717, 1.165) is 11.3 Å². The predicted molar refractivity (Wildman–Crippen MR) is 76.1 cm³/mol. The summed E-state index contributed by atoms with van der Waals surface area (Å²) >= 11 is 0. The van der Waals surface area contributed by atoms with E-state index in [0.29, 0.717) is 18.0 Å². The molecule has 2 heterocycles. The van der Waals surface area contributed by atoms with Gasteiger partial charge in [-0.25, -0.2) is 0 Å². The Morgan fingerprint density at radius 1 is 1.20 bits per heavy atom. The number of aryl methyl sites for hydroxylation is 2. The first-order valence-corrected chi connectivity index (χ1v) is 6.54. The number of hydrogen-bond donors (Lipinski definition) is 1. The van der Waals surface area contributed by atoms with Crippen LogP contribution >= 0.6 is 0 Å². The van der Waals surface area contributed by atoms with Gasteiger partial charge >= 0.3 is 0 Å². The molecule has 1 aliphatic heterocycles. The lowest BCUT2D eigenvalue weighted by Gasteiger charge is -2.14. The molecule has 106 valence electrons. The Kier molecular flexibility index (Phi) is 3.18. The van der Waals surface area contributed by atoms with Crippen LogP contribution < -0.4 is 19.6 Å². The van der Waals surface area contributed by atoms with E-state index in [2.05, 4.69) is 36.1 Å². The molecule has 0 saturated carbocycles. The highest BCUT2D eigenvalue weighted by Crippen LogP contribution is 2.41. The molecule has 3 rings (SSSR count). The normalized spacial score (nSPS) is 12.6. The second-order valence-electron chi connectivity index (χ2n) is 4.82. The number of hydrogen-bond acceptors (Lipinski definition) is 4. The summed E-state index contributed by atoms with van der Waals surface area (Å²) in [6.07, 6.45) is 0. The van der Waals surface area contributed by atoms with E-state index >= 15 is 0 Å². The summed E-state index contributed by atoms with van der Waals surface area (Å²) in [6, 6.07) is 8.12. The minimum atomic E-state index is 0.248. The Morgan fingerprint density at radius 3 is 2.65 bits per heavy atom. The zero-order valence-corrected chi connectivity index (χ0v) is 11.9. The first-order valence-electron chi connectivity index (χ1n) is 6.54. The van der Waals surface area contributed by atoms with Gasteiger partial charge in [-0.2, -0.15) is 0 Å². The second kappa shape index (κ2) is 5.00. The van der Waals surface area contributed by atoms with Gasteiger partial charge in [-0.3, -0.25) is 4.68 Å². The molecule has 0 spiro atoms. The molecule has 0 atom stereocenters. The van der Waals surface area contributed by atoms with Crippen molar-refractivity contribution in [1.82, 2.24) is 4.68 Å². The van der Waals surface area contributed by atoms with Crippen LogP contribution in [0.5, 0.6) is 17.2 Å². The van der Waals surface area contributed by atoms with Crippen LogP contribution in [0.25, 0.3) is 0 Å². The van der Waals surface area contributed by atoms with E-state index in [9.17, 15) is 0 Å². The van der Waals surface area contributed by atoms with Gasteiger partial charge in [0.05, 0.1) is 13.7 Å². The molecule has 1 aliphatic rings. The summed E-state index contributed by atoms with van der Waals surface area (Å²) in [5.74, 6) is 2.13. The molecule has 0 bridgehead atoms. The number of nitrogens with zero attached hydrogens (tertiary/aromatic N) is 1. The standard InChI is InChI=1S/C15H18N2O3/c1-10-4-5-11(2)17(10)16-8-12-6-13(18-3)15-14(7-12)19-9-20-15/h4-7,16H,8-9H2,1-3H3. The first-order chi connectivity index (χ1) is 9.69. The van der Waals surface area contributed by atoms with Gasteiger partial charge in [0.15, 0.2) is 11.5 Å². The number of ether oxygens (including phenoxy) is 3. The third-order valence-corrected chi connectivity index (χ3v) is 3.43. The van der Waals surface area contributed by atoms with Crippen LogP contribution in [-0.4, -0.2) is 18.6 Å². The molecule has 0 saturated heterocycles. The molecule has 1 N–H and O–H groups in total. The monoisotopic (exact) mass is 274 g/mol. The third-order valence-electron chi connectivity index (χ3n) is 3.43.